The highest BCUT2D eigenvalue weighted by atomic mass is 32.1. The zero-order valence-electron chi connectivity index (χ0n) is 8.94. The minimum absolute atomic E-state index is 0.354. The fourth-order valence-corrected chi connectivity index (χ4v) is 2.85. The molecule has 15 heavy (non-hydrogen) atoms. The summed E-state index contributed by atoms with van der Waals surface area (Å²) in [4.78, 5) is 11.3. The molecule has 82 valence electrons. The smallest absolute Gasteiger partial charge is 0.174 e. The van der Waals surface area contributed by atoms with Crippen LogP contribution in [0.4, 0.5) is 0 Å². The first-order valence-corrected chi connectivity index (χ1v) is 6.31. The number of hydrogen-bond donors (Lipinski definition) is 0. The lowest BCUT2D eigenvalue weighted by Crippen LogP contribution is -2.23. The van der Waals surface area contributed by atoms with Crippen molar-refractivity contribution in [1.82, 2.24) is 0 Å². The van der Waals surface area contributed by atoms with Crippen LogP contribution in [-0.2, 0) is 0 Å². The molecule has 0 radical (unpaired) electrons. The Morgan fingerprint density at radius 1 is 1.47 bits per heavy atom. The maximum absolute atomic E-state index is 10.5. The number of carbonyl (C=O) groups excluding carboxylic acids is 1. The Bertz CT molecular complexity index is 332. The molecule has 0 spiro atoms. The Morgan fingerprint density at radius 3 is 3.00 bits per heavy atom. The summed E-state index contributed by atoms with van der Waals surface area (Å²) in [6, 6.07) is 3.72. The third kappa shape index (κ3) is 2.81. The maximum Gasteiger partial charge on any atom is 0.174 e. The molecule has 1 aromatic heterocycles. The van der Waals surface area contributed by atoms with Crippen molar-refractivity contribution in [3.8, 4) is 5.06 Å². The number of aldehydes is 1. The van der Waals surface area contributed by atoms with Crippen LogP contribution in [0.5, 0.6) is 5.06 Å². The van der Waals surface area contributed by atoms with E-state index in [0.717, 1.165) is 35.0 Å². The number of carbonyl (C=O) groups is 1. The highest BCUT2D eigenvalue weighted by Crippen LogP contribution is 2.30. The summed E-state index contributed by atoms with van der Waals surface area (Å²) >= 11 is 1.44. The van der Waals surface area contributed by atoms with Gasteiger partial charge in [0.2, 0.25) is 0 Å². The second-order valence-electron chi connectivity index (χ2n) is 4.29. The third-order valence-electron chi connectivity index (χ3n) is 2.89. The van der Waals surface area contributed by atoms with Gasteiger partial charge in [0.05, 0.1) is 11.0 Å². The van der Waals surface area contributed by atoms with Crippen LogP contribution >= 0.6 is 11.3 Å². The lowest BCUT2D eigenvalue weighted by molar-refractivity contribution is 0.112. The van der Waals surface area contributed by atoms with Crippen molar-refractivity contribution < 1.29 is 9.53 Å². The molecule has 0 saturated heterocycles. The zero-order valence-corrected chi connectivity index (χ0v) is 9.76. The Balaban J connectivity index is 1.92. The van der Waals surface area contributed by atoms with E-state index in [1.165, 1.54) is 24.2 Å². The molecule has 2 atom stereocenters. The van der Waals surface area contributed by atoms with E-state index in [-0.39, 0.29) is 0 Å². The van der Waals surface area contributed by atoms with Gasteiger partial charge in [0.1, 0.15) is 0 Å². The average molecular weight is 224 g/mol. The molecule has 1 aromatic rings. The van der Waals surface area contributed by atoms with Gasteiger partial charge in [-0.15, -0.1) is 0 Å². The van der Waals surface area contributed by atoms with Crippen LogP contribution in [0.2, 0.25) is 0 Å². The highest BCUT2D eigenvalue weighted by molar-refractivity contribution is 7.15. The normalized spacial score (nSPS) is 26.2. The third-order valence-corrected chi connectivity index (χ3v) is 3.79. The van der Waals surface area contributed by atoms with Crippen molar-refractivity contribution in [3.05, 3.63) is 17.0 Å². The molecular weight excluding hydrogens is 208 g/mol. The largest absolute Gasteiger partial charge is 0.481 e. The van der Waals surface area contributed by atoms with E-state index in [0.29, 0.717) is 6.10 Å². The quantitative estimate of drug-likeness (QED) is 0.734. The van der Waals surface area contributed by atoms with Crippen LogP contribution in [-0.4, -0.2) is 12.4 Å². The summed E-state index contributed by atoms with van der Waals surface area (Å²) in [6.07, 6.45) is 6.11. The van der Waals surface area contributed by atoms with Gasteiger partial charge in [-0.2, -0.15) is 0 Å². The predicted molar refractivity (Wildman–Crippen MR) is 61.8 cm³/mol. The summed E-state index contributed by atoms with van der Waals surface area (Å²) in [5.41, 5.74) is 0. The molecule has 2 rings (SSSR count). The SMILES string of the molecule is CC1CCCC(Oc2ccc(C=O)s2)C1. The number of thiophene rings is 1. The molecule has 0 bridgehead atoms. The van der Waals surface area contributed by atoms with Gasteiger partial charge in [0, 0.05) is 0 Å². The molecule has 0 amide bonds. The van der Waals surface area contributed by atoms with E-state index >= 15 is 0 Å². The number of hydrogen-bond acceptors (Lipinski definition) is 3. The molecule has 1 saturated carbocycles. The van der Waals surface area contributed by atoms with E-state index in [9.17, 15) is 4.79 Å². The van der Waals surface area contributed by atoms with Gasteiger partial charge in [-0.1, -0.05) is 24.7 Å². The fourth-order valence-electron chi connectivity index (χ4n) is 2.11. The predicted octanol–water partition coefficient (Wildman–Crippen LogP) is 3.52. The maximum atomic E-state index is 10.5. The first-order valence-electron chi connectivity index (χ1n) is 5.49. The second kappa shape index (κ2) is 4.79. The van der Waals surface area contributed by atoms with Gasteiger partial charge < -0.3 is 4.74 Å². The molecule has 3 heteroatoms. The van der Waals surface area contributed by atoms with Crippen molar-refractivity contribution in [2.45, 2.75) is 38.7 Å². The van der Waals surface area contributed by atoms with Crippen molar-refractivity contribution in [1.29, 1.82) is 0 Å². The fraction of sp³-hybridized carbons (Fsp3) is 0.583. The Hall–Kier alpha value is -0.830. The Morgan fingerprint density at radius 2 is 2.33 bits per heavy atom. The van der Waals surface area contributed by atoms with Gasteiger partial charge in [-0.05, 0) is 37.3 Å². The van der Waals surface area contributed by atoms with Crippen molar-refractivity contribution in [3.63, 3.8) is 0 Å². The summed E-state index contributed by atoms with van der Waals surface area (Å²) in [7, 11) is 0. The Kier molecular flexibility index (Phi) is 3.41. The topological polar surface area (TPSA) is 26.3 Å². The average Bonchev–Trinajstić information content (AvgIpc) is 2.65. The lowest BCUT2D eigenvalue weighted by atomic mass is 9.89. The standard InChI is InChI=1S/C12H16O2S/c1-9-3-2-4-10(7-9)14-12-6-5-11(8-13)15-12/h5-6,8-10H,2-4,7H2,1H3. The molecule has 1 heterocycles. The minimum atomic E-state index is 0.354. The summed E-state index contributed by atoms with van der Waals surface area (Å²) < 4.78 is 5.87. The number of rotatable bonds is 3. The number of ether oxygens (including phenoxy) is 1. The van der Waals surface area contributed by atoms with E-state index in [2.05, 4.69) is 6.92 Å². The van der Waals surface area contributed by atoms with Gasteiger partial charge in [-0.3, -0.25) is 4.79 Å². The van der Waals surface area contributed by atoms with Crippen LogP contribution in [0.15, 0.2) is 12.1 Å². The second-order valence-corrected chi connectivity index (χ2v) is 5.36. The Labute approximate surface area is 94.3 Å². The van der Waals surface area contributed by atoms with Gasteiger partial charge >= 0.3 is 0 Å². The molecule has 0 aliphatic heterocycles. The summed E-state index contributed by atoms with van der Waals surface area (Å²) in [6.45, 7) is 2.28. The van der Waals surface area contributed by atoms with Crippen LogP contribution < -0.4 is 4.74 Å². The first kappa shape index (κ1) is 10.7. The molecule has 1 fully saturated rings. The van der Waals surface area contributed by atoms with Crippen LogP contribution in [0.25, 0.3) is 0 Å². The van der Waals surface area contributed by atoms with Crippen molar-refractivity contribution in [2.75, 3.05) is 0 Å². The van der Waals surface area contributed by atoms with Crippen LogP contribution in [0, 0.1) is 5.92 Å². The molecular formula is C12H16O2S. The van der Waals surface area contributed by atoms with Gasteiger partial charge in [0.25, 0.3) is 0 Å². The molecule has 0 N–H and O–H groups in total. The van der Waals surface area contributed by atoms with Gasteiger partial charge in [0.15, 0.2) is 11.3 Å². The molecule has 2 nitrogen and oxygen atoms in total. The minimum Gasteiger partial charge on any atom is -0.481 e. The van der Waals surface area contributed by atoms with Crippen LogP contribution in [0.1, 0.15) is 42.3 Å². The highest BCUT2D eigenvalue weighted by Gasteiger charge is 2.20. The monoisotopic (exact) mass is 224 g/mol. The van der Waals surface area contributed by atoms with E-state index < -0.39 is 0 Å². The van der Waals surface area contributed by atoms with Crippen molar-refractivity contribution >= 4 is 17.6 Å². The molecule has 0 aromatic carbocycles. The lowest BCUT2D eigenvalue weighted by Gasteiger charge is -2.26. The summed E-state index contributed by atoms with van der Waals surface area (Å²) in [5.74, 6) is 0.772. The molecule has 2 unspecified atom stereocenters. The van der Waals surface area contributed by atoms with Crippen molar-refractivity contribution in [2.24, 2.45) is 5.92 Å². The zero-order chi connectivity index (χ0) is 10.7. The first-order chi connectivity index (χ1) is 7.28. The molecule has 1 aliphatic rings. The van der Waals surface area contributed by atoms with E-state index in [1.54, 1.807) is 0 Å². The van der Waals surface area contributed by atoms with E-state index in [4.69, 9.17) is 4.74 Å². The molecule has 1 aliphatic carbocycles. The van der Waals surface area contributed by atoms with E-state index in [1.807, 2.05) is 12.1 Å². The van der Waals surface area contributed by atoms with Crippen LogP contribution in [0.3, 0.4) is 0 Å². The summed E-state index contributed by atoms with van der Waals surface area (Å²) in [5, 5.41) is 0.885. The van der Waals surface area contributed by atoms with Gasteiger partial charge in [-0.25, -0.2) is 0 Å².